The van der Waals surface area contributed by atoms with Crippen LogP contribution >= 0.6 is 0 Å². The second-order valence-corrected chi connectivity index (χ2v) is 6.72. The monoisotopic (exact) mass is 386 g/mol. The minimum absolute atomic E-state index is 0.187. The first-order chi connectivity index (χ1) is 14.2. The van der Waals surface area contributed by atoms with Crippen molar-refractivity contribution in [1.29, 1.82) is 0 Å². The lowest BCUT2D eigenvalue weighted by Crippen LogP contribution is -2.24. The molecule has 3 aromatic heterocycles. The van der Waals surface area contributed by atoms with Crippen molar-refractivity contribution in [2.45, 2.75) is 12.5 Å². The van der Waals surface area contributed by atoms with E-state index in [1.54, 1.807) is 37.9 Å². The molecule has 7 nitrogen and oxygen atoms in total. The predicted molar refractivity (Wildman–Crippen MR) is 111 cm³/mol. The molecule has 0 saturated heterocycles. The van der Waals surface area contributed by atoms with Gasteiger partial charge in [-0.25, -0.2) is 4.98 Å². The van der Waals surface area contributed by atoms with Crippen molar-refractivity contribution in [3.63, 3.8) is 0 Å². The third kappa shape index (κ3) is 2.97. The van der Waals surface area contributed by atoms with E-state index in [4.69, 9.17) is 14.5 Å². The Morgan fingerprint density at radius 2 is 2.17 bits per heavy atom. The smallest absolute Gasteiger partial charge is 0.267 e. The molecule has 0 spiro atoms. The van der Waals surface area contributed by atoms with Crippen molar-refractivity contribution in [2.24, 2.45) is 0 Å². The summed E-state index contributed by atoms with van der Waals surface area (Å²) >= 11 is 0. The van der Waals surface area contributed by atoms with Crippen LogP contribution in [0, 0.1) is 0 Å². The number of aromatic nitrogens is 3. The third-order valence-electron chi connectivity index (χ3n) is 4.95. The SMILES string of the molecule is COc1cccn2c(=O)c(C3CC=CO3)c(Nc3ccc4ncccc4c3)nc12. The molecule has 1 aliphatic rings. The van der Waals surface area contributed by atoms with Gasteiger partial charge < -0.3 is 14.8 Å². The Balaban J connectivity index is 1.69. The van der Waals surface area contributed by atoms with Crippen molar-refractivity contribution < 1.29 is 9.47 Å². The van der Waals surface area contributed by atoms with Gasteiger partial charge in [-0.05, 0) is 42.5 Å². The highest BCUT2D eigenvalue weighted by Crippen LogP contribution is 2.32. The number of hydrogen-bond acceptors (Lipinski definition) is 6. The number of fused-ring (bicyclic) bond motifs is 2. The molecular weight excluding hydrogens is 368 g/mol. The average molecular weight is 386 g/mol. The molecule has 0 saturated carbocycles. The fraction of sp³-hybridized carbons (Fsp3) is 0.136. The second kappa shape index (κ2) is 6.94. The number of nitrogens with one attached hydrogen (secondary N) is 1. The number of nitrogens with zero attached hydrogens (tertiary/aromatic N) is 3. The highest BCUT2D eigenvalue weighted by molar-refractivity contribution is 5.83. The topological polar surface area (TPSA) is 77.8 Å². The van der Waals surface area contributed by atoms with Gasteiger partial charge >= 0.3 is 0 Å². The normalized spacial score (nSPS) is 15.6. The summed E-state index contributed by atoms with van der Waals surface area (Å²) in [7, 11) is 1.56. The molecular formula is C22H18N4O3. The van der Waals surface area contributed by atoms with Gasteiger partial charge in [0.2, 0.25) is 0 Å². The zero-order valence-corrected chi connectivity index (χ0v) is 15.7. The molecule has 0 fully saturated rings. The van der Waals surface area contributed by atoms with Gasteiger partial charge in [-0.3, -0.25) is 14.2 Å². The number of ether oxygens (including phenoxy) is 2. The Morgan fingerprint density at radius 1 is 1.24 bits per heavy atom. The van der Waals surface area contributed by atoms with E-state index in [2.05, 4.69) is 10.3 Å². The number of rotatable bonds is 4. The van der Waals surface area contributed by atoms with Gasteiger partial charge in [-0.1, -0.05) is 6.07 Å². The summed E-state index contributed by atoms with van der Waals surface area (Å²) in [6.07, 6.45) is 7.19. The quantitative estimate of drug-likeness (QED) is 0.572. The van der Waals surface area contributed by atoms with E-state index in [1.807, 2.05) is 36.4 Å². The van der Waals surface area contributed by atoms with E-state index in [0.717, 1.165) is 16.6 Å². The molecule has 29 heavy (non-hydrogen) atoms. The minimum Gasteiger partial charge on any atom is -0.493 e. The maximum absolute atomic E-state index is 13.3. The Bertz CT molecular complexity index is 1300. The molecule has 1 aliphatic heterocycles. The van der Waals surface area contributed by atoms with Gasteiger partial charge in [0.1, 0.15) is 17.5 Å². The number of anilines is 2. The van der Waals surface area contributed by atoms with Crippen LogP contribution in [-0.4, -0.2) is 21.5 Å². The lowest BCUT2D eigenvalue weighted by Gasteiger charge is -2.17. The van der Waals surface area contributed by atoms with Crippen molar-refractivity contribution in [3.8, 4) is 5.75 Å². The van der Waals surface area contributed by atoms with Gasteiger partial charge in [0.05, 0.1) is 18.9 Å². The van der Waals surface area contributed by atoms with Crippen molar-refractivity contribution in [2.75, 3.05) is 12.4 Å². The van der Waals surface area contributed by atoms with Gasteiger partial charge in [0.15, 0.2) is 11.4 Å². The summed E-state index contributed by atoms with van der Waals surface area (Å²) in [6.45, 7) is 0. The van der Waals surface area contributed by atoms with E-state index >= 15 is 0 Å². The molecule has 144 valence electrons. The Morgan fingerprint density at radius 3 is 3.00 bits per heavy atom. The summed E-state index contributed by atoms with van der Waals surface area (Å²) < 4.78 is 12.6. The molecule has 7 heteroatoms. The molecule has 1 N–H and O–H groups in total. The standard InChI is InChI=1S/C22H18N4O3/c1-28-18-6-3-11-26-21(18)25-20(19(22(26)27)17-7-4-12-29-17)24-15-8-9-16-14(13-15)5-2-10-23-16/h2-6,8-13,17,24H,7H2,1H3. The van der Waals surface area contributed by atoms with Crippen LogP contribution in [-0.2, 0) is 4.74 Å². The van der Waals surface area contributed by atoms with Crippen LogP contribution in [0.4, 0.5) is 11.5 Å². The van der Waals surface area contributed by atoms with Crippen LogP contribution in [0.3, 0.4) is 0 Å². The van der Waals surface area contributed by atoms with Gasteiger partial charge in [-0.2, -0.15) is 0 Å². The lowest BCUT2D eigenvalue weighted by atomic mass is 10.1. The zero-order chi connectivity index (χ0) is 19.8. The molecule has 1 atom stereocenters. The highest BCUT2D eigenvalue weighted by Gasteiger charge is 2.25. The largest absolute Gasteiger partial charge is 0.493 e. The van der Waals surface area contributed by atoms with Crippen LogP contribution in [0.5, 0.6) is 5.75 Å². The number of methoxy groups -OCH3 is 1. The molecule has 0 amide bonds. The van der Waals surface area contributed by atoms with Gasteiger partial charge in [0, 0.05) is 29.9 Å². The third-order valence-corrected chi connectivity index (χ3v) is 4.95. The van der Waals surface area contributed by atoms with Crippen molar-refractivity contribution in [1.82, 2.24) is 14.4 Å². The number of pyridine rings is 2. The molecule has 1 aromatic carbocycles. The first-order valence-corrected chi connectivity index (χ1v) is 9.26. The maximum Gasteiger partial charge on any atom is 0.267 e. The van der Waals surface area contributed by atoms with Crippen molar-refractivity contribution >= 4 is 28.1 Å². The lowest BCUT2D eigenvalue weighted by molar-refractivity contribution is 0.172. The van der Waals surface area contributed by atoms with Crippen LogP contribution in [0.25, 0.3) is 16.6 Å². The number of hydrogen-bond donors (Lipinski definition) is 1. The summed E-state index contributed by atoms with van der Waals surface area (Å²) in [4.78, 5) is 22.4. The van der Waals surface area contributed by atoms with E-state index < -0.39 is 0 Å². The van der Waals surface area contributed by atoms with Crippen LogP contribution in [0.2, 0.25) is 0 Å². The molecule has 0 aliphatic carbocycles. The molecule has 4 aromatic rings. The molecule has 1 unspecified atom stereocenters. The molecule has 4 heterocycles. The fourth-order valence-corrected chi connectivity index (χ4v) is 3.56. The molecule has 0 bridgehead atoms. The van der Waals surface area contributed by atoms with E-state index in [1.165, 1.54) is 4.40 Å². The van der Waals surface area contributed by atoms with Crippen LogP contribution < -0.4 is 15.6 Å². The molecule has 0 radical (unpaired) electrons. The van der Waals surface area contributed by atoms with Gasteiger partial charge in [0.25, 0.3) is 5.56 Å². The predicted octanol–water partition coefficient (Wildman–Crippen LogP) is 3.97. The first-order valence-electron chi connectivity index (χ1n) is 9.26. The summed E-state index contributed by atoms with van der Waals surface area (Å²) in [5, 5.41) is 4.30. The minimum atomic E-state index is -0.386. The highest BCUT2D eigenvalue weighted by atomic mass is 16.5. The van der Waals surface area contributed by atoms with E-state index in [-0.39, 0.29) is 11.7 Å². The second-order valence-electron chi connectivity index (χ2n) is 6.72. The first kappa shape index (κ1) is 17.2. The molecule has 5 rings (SSSR count). The Labute approximate surface area is 166 Å². The van der Waals surface area contributed by atoms with Crippen LogP contribution in [0.15, 0.2) is 72.0 Å². The van der Waals surface area contributed by atoms with Crippen LogP contribution in [0.1, 0.15) is 18.1 Å². The Hall–Kier alpha value is -3.87. The van der Waals surface area contributed by atoms with E-state index in [9.17, 15) is 4.79 Å². The zero-order valence-electron chi connectivity index (χ0n) is 15.7. The van der Waals surface area contributed by atoms with Gasteiger partial charge in [-0.15, -0.1) is 0 Å². The Kier molecular flexibility index (Phi) is 4.13. The summed E-state index contributed by atoms with van der Waals surface area (Å²) in [5.41, 5.74) is 2.44. The fourth-order valence-electron chi connectivity index (χ4n) is 3.56. The van der Waals surface area contributed by atoms with Crippen molar-refractivity contribution in [3.05, 3.63) is 83.1 Å². The summed E-state index contributed by atoms with van der Waals surface area (Å²) in [5.74, 6) is 0.976. The number of benzene rings is 1. The maximum atomic E-state index is 13.3. The summed E-state index contributed by atoms with van der Waals surface area (Å²) in [6, 6.07) is 13.2. The van der Waals surface area contributed by atoms with E-state index in [0.29, 0.717) is 29.2 Å². The average Bonchev–Trinajstić information content (AvgIpc) is 3.28.